The number of hydrogen-bond acceptors (Lipinski definition) is 5. The van der Waals surface area contributed by atoms with E-state index in [0.29, 0.717) is 25.9 Å². The van der Waals surface area contributed by atoms with Crippen LogP contribution in [0.5, 0.6) is 0 Å². The Morgan fingerprint density at radius 2 is 0.963 bits per heavy atom. The maximum Gasteiger partial charge on any atom is 0.305 e. The molecule has 0 spiro atoms. The predicted molar refractivity (Wildman–Crippen MR) is 232 cm³/mol. The molecule has 0 fully saturated rings. The lowest BCUT2D eigenvalue weighted by Gasteiger charge is -2.19. The molecule has 6 nitrogen and oxygen atoms in total. The lowest BCUT2D eigenvalue weighted by molar-refractivity contribution is -0.143. The summed E-state index contributed by atoms with van der Waals surface area (Å²) in [5.74, 6) is -0.183. The van der Waals surface area contributed by atoms with Crippen molar-refractivity contribution in [3.63, 3.8) is 0 Å². The van der Waals surface area contributed by atoms with Crippen LogP contribution < -0.4 is 5.32 Å². The molecule has 54 heavy (non-hydrogen) atoms. The first-order chi connectivity index (χ1) is 26.5. The number of aliphatic hydroxyl groups excluding tert-OH is 2. The summed E-state index contributed by atoms with van der Waals surface area (Å²) in [6, 6.07) is -0.671. The zero-order valence-electron chi connectivity index (χ0n) is 35.4. The van der Waals surface area contributed by atoms with Gasteiger partial charge in [-0.15, -0.1) is 0 Å². The summed E-state index contributed by atoms with van der Waals surface area (Å²) in [5, 5.41) is 22.9. The Hall–Kier alpha value is -2.18. The van der Waals surface area contributed by atoms with Crippen molar-refractivity contribution in [1.82, 2.24) is 5.32 Å². The molecule has 0 heterocycles. The Balaban J connectivity index is 3.63. The van der Waals surface area contributed by atoms with Gasteiger partial charge in [-0.05, 0) is 70.6 Å². The van der Waals surface area contributed by atoms with Crippen molar-refractivity contribution in [2.24, 2.45) is 0 Å². The number of nitrogens with one attached hydrogen (secondary N) is 1. The average molecular weight is 758 g/mol. The Morgan fingerprint density at radius 3 is 1.52 bits per heavy atom. The lowest BCUT2D eigenvalue weighted by Crippen LogP contribution is -2.45. The first-order valence-electron chi connectivity index (χ1n) is 22.9. The molecule has 314 valence electrons. The standard InChI is InChI=1S/C48H87NO5/c1-3-5-7-9-11-13-15-17-21-24-28-32-36-40-46(51)45(44-50)49-47(52)41-37-33-29-25-22-18-16-19-23-27-31-35-39-43-54-48(53)42-38-34-30-26-20-14-12-10-8-6-4-2/h10,12,18,22,29,33,36,40,45-46,50-51H,3-9,11,13-17,19-21,23-28,30-32,34-35,37-39,41-44H2,1-2H3,(H,49,52)/b12-10-,22-18-,33-29-,40-36+. The number of carbonyl (C=O) groups excluding carboxylic acids is 2. The summed E-state index contributed by atoms with van der Waals surface area (Å²) in [4.78, 5) is 24.3. The first-order valence-corrected chi connectivity index (χ1v) is 22.9. The molecule has 0 rings (SSSR count). The smallest absolute Gasteiger partial charge is 0.305 e. The third-order valence-electron chi connectivity index (χ3n) is 10.1. The van der Waals surface area contributed by atoms with Gasteiger partial charge in [-0.2, -0.15) is 0 Å². The van der Waals surface area contributed by atoms with Crippen LogP contribution in [0.2, 0.25) is 0 Å². The number of hydrogen-bond donors (Lipinski definition) is 3. The SMILES string of the molecule is CCCC/C=C\CCCCCCCC(=O)OCCCCCCCC/C=C\C/C=C\CCC(=O)NC(CO)C(O)/C=C/CCCCCCCCCCCCC. The molecule has 0 radical (unpaired) electrons. The van der Waals surface area contributed by atoms with E-state index < -0.39 is 12.1 Å². The van der Waals surface area contributed by atoms with E-state index >= 15 is 0 Å². The van der Waals surface area contributed by atoms with Crippen molar-refractivity contribution >= 4 is 11.9 Å². The number of amides is 1. The maximum absolute atomic E-state index is 12.3. The molecule has 6 heteroatoms. The molecule has 2 unspecified atom stereocenters. The van der Waals surface area contributed by atoms with Gasteiger partial charge in [0.25, 0.3) is 0 Å². The molecule has 0 aliphatic rings. The molecular weight excluding hydrogens is 671 g/mol. The van der Waals surface area contributed by atoms with Crippen molar-refractivity contribution in [3.05, 3.63) is 48.6 Å². The molecule has 0 saturated carbocycles. The third kappa shape index (κ3) is 39.5. The average Bonchev–Trinajstić information content (AvgIpc) is 3.17. The predicted octanol–water partition coefficient (Wildman–Crippen LogP) is 13.1. The van der Waals surface area contributed by atoms with E-state index in [4.69, 9.17) is 4.74 Å². The van der Waals surface area contributed by atoms with Crippen LogP contribution >= 0.6 is 0 Å². The van der Waals surface area contributed by atoms with E-state index in [0.717, 1.165) is 51.4 Å². The second kappa shape index (κ2) is 43.5. The highest BCUT2D eigenvalue weighted by molar-refractivity contribution is 5.76. The highest BCUT2D eigenvalue weighted by atomic mass is 16.5. The minimum absolute atomic E-state index is 0.0310. The van der Waals surface area contributed by atoms with E-state index in [1.54, 1.807) is 6.08 Å². The van der Waals surface area contributed by atoms with Crippen molar-refractivity contribution in [2.45, 2.75) is 231 Å². The van der Waals surface area contributed by atoms with Crippen LogP contribution in [-0.4, -0.2) is 47.4 Å². The van der Waals surface area contributed by atoms with E-state index in [1.807, 2.05) is 12.2 Å². The summed E-state index contributed by atoms with van der Waals surface area (Å²) in [7, 11) is 0. The number of unbranched alkanes of at least 4 members (excludes halogenated alkanes) is 24. The second-order valence-electron chi connectivity index (χ2n) is 15.4. The van der Waals surface area contributed by atoms with Gasteiger partial charge in [0, 0.05) is 12.8 Å². The topological polar surface area (TPSA) is 95.9 Å². The lowest BCUT2D eigenvalue weighted by atomic mass is 10.0. The van der Waals surface area contributed by atoms with Crippen LogP contribution in [0.25, 0.3) is 0 Å². The summed E-state index contributed by atoms with van der Waals surface area (Å²) in [5.41, 5.74) is 0. The van der Waals surface area contributed by atoms with Gasteiger partial charge in [-0.3, -0.25) is 9.59 Å². The molecule has 0 aromatic rings. The minimum atomic E-state index is -0.878. The molecule has 1 amide bonds. The number of esters is 1. The van der Waals surface area contributed by atoms with Crippen molar-refractivity contribution in [1.29, 1.82) is 0 Å². The highest BCUT2D eigenvalue weighted by Gasteiger charge is 2.17. The Labute approximate surface area is 334 Å². The number of rotatable bonds is 41. The van der Waals surface area contributed by atoms with Gasteiger partial charge in [0.05, 0.1) is 25.4 Å². The van der Waals surface area contributed by atoms with Crippen LogP contribution in [0, 0.1) is 0 Å². The zero-order chi connectivity index (χ0) is 39.4. The van der Waals surface area contributed by atoms with Crippen molar-refractivity contribution in [2.75, 3.05) is 13.2 Å². The summed E-state index contributed by atoms with van der Waals surface area (Å²) >= 11 is 0. The second-order valence-corrected chi connectivity index (χ2v) is 15.4. The quantitative estimate of drug-likeness (QED) is 0.0328. The fourth-order valence-corrected chi connectivity index (χ4v) is 6.48. The number of carbonyl (C=O) groups is 2. The molecule has 0 aliphatic heterocycles. The normalized spacial score (nSPS) is 13.2. The van der Waals surface area contributed by atoms with Crippen LogP contribution in [-0.2, 0) is 14.3 Å². The van der Waals surface area contributed by atoms with E-state index in [1.165, 1.54) is 135 Å². The molecule has 0 aromatic carbocycles. The minimum Gasteiger partial charge on any atom is -0.466 e. The Morgan fingerprint density at radius 1 is 0.519 bits per heavy atom. The maximum atomic E-state index is 12.3. The summed E-state index contributed by atoms with van der Waals surface area (Å²) in [6.45, 7) is 4.77. The van der Waals surface area contributed by atoms with Gasteiger partial charge in [0.1, 0.15) is 0 Å². The number of ether oxygens (including phenoxy) is 1. The van der Waals surface area contributed by atoms with E-state index in [2.05, 4.69) is 49.5 Å². The van der Waals surface area contributed by atoms with Gasteiger partial charge in [0.2, 0.25) is 5.91 Å². The van der Waals surface area contributed by atoms with E-state index in [-0.39, 0.29) is 18.5 Å². The van der Waals surface area contributed by atoms with Gasteiger partial charge in [0.15, 0.2) is 0 Å². The van der Waals surface area contributed by atoms with Crippen molar-refractivity contribution < 1.29 is 24.5 Å². The van der Waals surface area contributed by atoms with Gasteiger partial charge < -0.3 is 20.3 Å². The number of aliphatic hydroxyl groups is 2. The molecular formula is C48H87NO5. The summed E-state index contributed by atoms with van der Waals surface area (Å²) < 4.78 is 5.42. The van der Waals surface area contributed by atoms with E-state index in [9.17, 15) is 19.8 Å². The summed E-state index contributed by atoms with van der Waals surface area (Å²) in [6.07, 6.45) is 52.5. The Bertz CT molecular complexity index is 926. The fraction of sp³-hybridized carbons (Fsp3) is 0.792. The molecule has 0 aliphatic carbocycles. The molecule has 0 aromatic heterocycles. The third-order valence-corrected chi connectivity index (χ3v) is 10.1. The molecule has 3 N–H and O–H groups in total. The molecule has 0 saturated heterocycles. The largest absolute Gasteiger partial charge is 0.466 e. The monoisotopic (exact) mass is 758 g/mol. The number of allylic oxidation sites excluding steroid dienone is 7. The van der Waals surface area contributed by atoms with Crippen LogP contribution in [0.4, 0.5) is 0 Å². The Kier molecular flexibility index (Phi) is 41.8. The van der Waals surface area contributed by atoms with Gasteiger partial charge in [-0.25, -0.2) is 0 Å². The highest BCUT2D eigenvalue weighted by Crippen LogP contribution is 2.13. The molecule has 0 bridgehead atoms. The zero-order valence-corrected chi connectivity index (χ0v) is 35.4. The molecule has 2 atom stereocenters. The van der Waals surface area contributed by atoms with Crippen LogP contribution in [0.15, 0.2) is 48.6 Å². The van der Waals surface area contributed by atoms with Gasteiger partial charge in [-0.1, -0.05) is 184 Å². The first kappa shape index (κ1) is 51.8. The van der Waals surface area contributed by atoms with Crippen molar-refractivity contribution in [3.8, 4) is 0 Å². The van der Waals surface area contributed by atoms with Crippen LogP contribution in [0.1, 0.15) is 219 Å². The van der Waals surface area contributed by atoms with Gasteiger partial charge >= 0.3 is 5.97 Å². The van der Waals surface area contributed by atoms with Crippen LogP contribution in [0.3, 0.4) is 0 Å². The fourth-order valence-electron chi connectivity index (χ4n) is 6.48.